The predicted molar refractivity (Wildman–Crippen MR) is 82.8 cm³/mol. The molecule has 0 aliphatic carbocycles. The van der Waals surface area contributed by atoms with E-state index in [0.717, 1.165) is 12.1 Å². The highest BCUT2D eigenvalue weighted by Crippen LogP contribution is 2.36. The number of nitrogens with one attached hydrogen (secondary N) is 2. The molecule has 22 heavy (non-hydrogen) atoms. The highest BCUT2D eigenvalue weighted by molar-refractivity contribution is 7.80. The molecule has 0 fully saturated rings. The summed E-state index contributed by atoms with van der Waals surface area (Å²) in [7, 11) is 0. The third kappa shape index (κ3) is 4.08. The van der Waals surface area contributed by atoms with Crippen LogP contribution in [0.15, 0.2) is 47.4 Å². The van der Waals surface area contributed by atoms with Crippen molar-refractivity contribution < 1.29 is 18.0 Å². The zero-order chi connectivity index (χ0) is 16.3. The number of amides is 2. The molecule has 0 bridgehead atoms. The van der Waals surface area contributed by atoms with E-state index in [0.29, 0.717) is 10.6 Å². The summed E-state index contributed by atoms with van der Waals surface area (Å²) < 4.78 is 38.2. The number of alkyl halides is 3. The van der Waals surface area contributed by atoms with Gasteiger partial charge in [0.15, 0.2) is 0 Å². The van der Waals surface area contributed by atoms with E-state index in [1.165, 1.54) is 6.07 Å². The maximum atomic E-state index is 12.7. The molecular formula is C14H10ClF3N2OS. The molecule has 0 aromatic heterocycles. The zero-order valence-electron chi connectivity index (χ0n) is 10.9. The monoisotopic (exact) mass is 346 g/mol. The summed E-state index contributed by atoms with van der Waals surface area (Å²) in [5.74, 6) is 0. The minimum absolute atomic E-state index is 0.0223. The summed E-state index contributed by atoms with van der Waals surface area (Å²) in [6.45, 7) is 0. The van der Waals surface area contributed by atoms with Crippen molar-refractivity contribution in [1.82, 2.24) is 0 Å². The van der Waals surface area contributed by atoms with Crippen molar-refractivity contribution >= 4 is 41.6 Å². The van der Waals surface area contributed by atoms with Gasteiger partial charge in [-0.2, -0.15) is 13.2 Å². The van der Waals surface area contributed by atoms with Crippen LogP contribution in [0.3, 0.4) is 0 Å². The Balaban J connectivity index is 2.14. The Morgan fingerprint density at radius 3 is 2.41 bits per heavy atom. The number of anilines is 2. The minimum Gasteiger partial charge on any atom is -0.308 e. The second-order valence-corrected chi connectivity index (χ2v) is 5.18. The Bertz CT molecular complexity index is 707. The molecule has 116 valence electrons. The summed E-state index contributed by atoms with van der Waals surface area (Å²) in [6, 6.07) is 9.16. The Hall–Kier alpha value is -1.86. The minimum atomic E-state index is -4.59. The normalized spacial score (nSPS) is 11.1. The van der Waals surface area contributed by atoms with E-state index in [9.17, 15) is 18.0 Å². The summed E-state index contributed by atoms with van der Waals surface area (Å²) >= 11 is 9.67. The van der Waals surface area contributed by atoms with Crippen molar-refractivity contribution in [3.63, 3.8) is 0 Å². The van der Waals surface area contributed by atoms with E-state index in [1.54, 1.807) is 24.3 Å². The molecule has 8 heteroatoms. The Kier molecular flexibility index (Phi) is 4.87. The molecule has 2 rings (SSSR count). The molecule has 2 amide bonds. The van der Waals surface area contributed by atoms with Crippen molar-refractivity contribution in [2.24, 2.45) is 0 Å². The van der Waals surface area contributed by atoms with Crippen LogP contribution in [0.1, 0.15) is 5.56 Å². The van der Waals surface area contributed by atoms with Crippen LogP contribution < -0.4 is 10.6 Å². The zero-order valence-corrected chi connectivity index (χ0v) is 12.6. The molecule has 0 aliphatic rings. The van der Waals surface area contributed by atoms with Crippen molar-refractivity contribution in [1.29, 1.82) is 0 Å². The van der Waals surface area contributed by atoms with Crippen LogP contribution in [-0.2, 0) is 6.18 Å². The van der Waals surface area contributed by atoms with E-state index < -0.39 is 22.8 Å². The highest BCUT2D eigenvalue weighted by Gasteiger charge is 2.33. The number of hydrogen-bond donors (Lipinski definition) is 3. The maximum absolute atomic E-state index is 12.7. The fraction of sp³-hybridized carbons (Fsp3) is 0.0714. The number of para-hydroxylation sites is 1. The molecule has 0 radical (unpaired) electrons. The Morgan fingerprint density at radius 2 is 1.77 bits per heavy atom. The van der Waals surface area contributed by atoms with Crippen LogP contribution in [0, 0.1) is 0 Å². The molecule has 0 aliphatic heterocycles. The second kappa shape index (κ2) is 6.50. The molecule has 0 heterocycles. The van der Waals surface area contributed by atoms with E-state index in [2.05, 4.69) is 23.3 Å². The molecular weight excluding hydrogens is 337 g/mol. The molecule has 0 saturated carbocycles. The summed E-state index contributed by atoms with van der Waals surface area (Å²) in [5, 5.41) is 4.37. The van der Waals surface area contributed by atoms with Crippen LogP contribution in [-0.4, -0.2) is 6.03 Å². The molecule has 2 aromatic rings. The number of thiol groups is 1. The summed E-state index contributed by atoms with van der Waals surface area (Å²) in [5.41, 5.74) is -0.597. The van der Waals surface area contributed by atoms with Gasteiger partial charge in [-0.05, 0) is 30.3 Å². The van der Waals surface area contributed by atoms with Crippen LogP contribution in [0.2, 0.25) is 5.02 Å². The number of benzene rings is 2. The van der Waals surface area contributed by atoms with Crippen molar-refractivity contribution in [2.75, 3.05) is 10.6 Å². The van der Waals surface area contributed by atoms with E-state index >= 15 is 0 Å². The van der Waals surface area contributed by atoms with E-state index in [-0.39, 0.29) is 5.69 Å². The maximum Gasteiger partial charge on any atom is 0.417 e. The largest absolute Gasteiger partial charge is 0.417 e. The van der Waals surface area contributed by atoms with Gasteiger partial charge in [-0.15, -0.1) is 12.6 Å². The number of urea groups is 1. The summed E-state index contributed by atoms with van der Waals surface area (Å²) in [4.78, 5) is 12.3. The summed E-state index contributed by atoms with van der Waals surface area (Å²) in [6.07, 6.45) is -4.59. The van der Waals surface area contributed by atoms with E-state index in [1.807, 2.05) is 0 Å². The molecule has 3 nitrogen and oxygen atoms in total. The van der Waals surface area contributed by atoms with Gasteiger partial charge in [0.2, 0.25) is 0 Å². The van der Waals surface area contributed by atoms with Gasteiger partial charge in [0, 0.05) is 10.6 Å². The SMILES string of the molecule is O=C(Nc1ccc(Cl)c(C(F)(F)F)c1)Nc1ccccc1S. The van der Waals surface area contributed by atoms with Gasteiger partial charge >= 0.3 is 12.2 Å². The molecule has 0 spiro atoms. The quantitative estimate of drug-likeness (QED) is 0.635. The Labute approximate surface area is 134 Å². The highest BCUT2D eigenvalue weighted by atomic mass is 35.5. The Morgan fingerprint density at radius 1 is 1.09 bits per heavy atom. The first-order valence-corrected chi connectivity index (χ1v) is 6.82. The second-order valence-electron chi connectivity index (χ2n) is 4.29. The third-order valence-corrected chi connectivity index (χ3v) is 3.40. The number of halogens is 4. The van der Waals surface area contributed by atoms with Gasteiger partial charge in [0.25, 0.3) is 0 Å². The van der Waals surface area contributed by atoms with E-state index in [4.69, 9.17) is 11.6 Å². The number of carbonyl (C=O) groups is 1. The van der Waals surface area contributed by atoms with Crippen molar-refractivity contribution in [3.05, 3.63) is 53.1 Å². The van der Waals surface area contributed by atoms with Crippen LogP contribution in [0.25, 0.3) is 0 Å². The van der Waals surface area contributed by atoms with Gasteiger partial charge in [-0.1, -0.05) is 23.7 Å². The average molecular weight is 347 g/mol. The molecule has 2 aromatic carbocycles. The average Bonchev–Trinajstić information content (AvgIpc) is 2.42. The first-order chi connectivity index (χ1) is 10.3. The van der Waals surface area contributed by atoms with Crippen LogP contribution in [0.5, 0.6) is 0 Å². The predicted octanol–water partition coefficient (Wildman–Crippen LogP) is 5.29. The lowest BCUT2D eigenvalue weighted by molar-refractivity contribution is -0.137. The van der Waals surface area contributed by atoms with Gasteiger partial charge in [-0.3, -0.25) is 0 Å². The lowest BCUT2D eigenvalue weighted by Crippen LogP contribution is -2.20. The third-order valence-electron chi connectivity index (χ3n) is 2.68. The first-order valence-electron chi connectivity index (χ1n) is 6.00. The fourth-order valence-electron chi connectivity index (χ4n) is 1.68. The first kappa shape index (κ1) is 16.5. The van der Waals surface area contributed by atoms with Crippen molar-refractivity contribution in [2.45, 2.75) is 11.1 Å². The number of carbonyl (C=O) groups excluding carboxylic acids is 1. The van der Waals surface area contributed by atoms with Gasteiger partial charge in [0.05, 0.1) is 16.3 Å². The molecule has 0 unspecified atom stereocenters. The smallest absolute Gasteiger partial charge is 0.308 e. The van der Waals surface area contributed by atoms with Crippen LogP contribution in [0.4, 0.5) is 29.3 Å². The van der Waals surface area contributed by atoms with Gasteiger partial charge in [-0.25, -0.2) is 4.79 Å². The molecule has 0 atom stereocenters. The molecule has 2 N–H and O–H groups in total. The number of hydrogen-bond acceptors (Lipinski definition) is 2. The van der Waals surface area contributed by atoms with Gasteiger partial charge < -0.3 is 10.6 Å². The molecule has 0 saturated heterocycles. The lowest BCUT2D eigenvalue weighted by Gasteiger charge is -2.13. The topological polar surface area (TPSA) is 41.1 Å². The fourth-order valence-corrected chi connectivity index (χ4v) is 2.13. The van der Waals surface area contributed by atoms with Crippen molar-refractivity contribution in [3.8, 4) is 0 Å². The van der Waals surface area contributed by atoms with Crippen LogP contribution >= 0.6 is 24.2 Å². The lowest BCUT2D eigenvalue weighted by atomic mass is 10.2. The standard InChI is InChI=1S/C14H10ClF3N2OS/c15-10-6-5-8(7-9(10)14(16,17)18)19-13(21)20-11-3-1-2-4-12(11)22/h1-7,22H,(H2,19,20,21). The number of rotatable bonds is 2. The van der Waals surface area contributed by atoms with Gasteiger partial charge in [0.1, 0.15) is 0 Å².